The van der Waals surface area contributed by atoms with Crippen LogP contribution in [0.5, 0.6) is 0 Å². The minimum atomic E-state index is -4.08. The van der Waals surface area contributed by atoms with Crippen LogP contribution in [0.3, 0.4) is 0 Å². The Morgan fingerprint density at radius 3 is 1.71 bits per heavy atom. The minimum absolute atomic E-state index is 0.118. The molecule has 0 saturated carbocycles. The number of carbonyl (C=O) groups is 1. The van der Waals surface area contributed by atoms with Crippen molar-refractivity contribution in [2.75, 3.05) is 0 Å². The highest BCUT2D eigenvalue weighted by Gasteiger charge is 2.28. The molecule has 7 heteroatoms. The molecule has 0 fully saturated rings. The normalized spacial score (nSPS) is 12.3. The fourth-order valence-corrected chi connectivity index (χ4v) is 5.00. The molecule has 0 saturated heterocycles. The van der Waals surface area contributed by atoms with Crippen molar-refractivity contribution in [3.8, 4) is 0 Å². The van der Waals surface area contributed by atoms with E-state index in [1.165, 1.54) is 12.1 Å². The molecule has 178 valence electrons. The lowest BCUT2D eigenvalue weighted by Gasteiger charge is -2.24. The maximum atomic E-state index is 13.6. The van der Waals surface area contributed by atoms with E-state index in [1.54, 1.807) is 0 Å². The average Bonchev–Trinajstić information content (AvgIpc) is 2.88. The van der Waals surface area contributed by atoms with E-state index < -0.39 is 33.8 Å². The van der Waals surface area contributed by atoms with Crippen molar-refractivity contribution in [3.05, 3.63) is 138 Å². The van der Waals surface area contributed by atoms with E-state index in [4.69, 9.17) is 0 Å². The zero-order chi connectivity index (χ0) is 24.7. The number of nitrogens with one attached hydrogen (secondary N) is 2. The molecule has 2 N–H and O–H groups in total. The fraction of sp³-hybridized carbons (Fsp3) is 0.107. The van der Waals surface area contributed by atoms with Crippen molar-refractivity contribution >= 4 is 15.9 Å². The summed E-state index contributed by atoms with van der Waals surface area (Å²) in [7, 11) is -4.08. The summed E-state index contributed by atoms with van der Waals surface area (Å²) < 4.78 is 42.0. The molecule has 0 spiro atoms. The third-order valence-electron chi connectivity index (χ3n) is 5.57. The van der Waals surface area contributed by atoms with Crippen LogP contribution in [0.4, 0.5) is 4.39 Å². The zero-order valence-electron chi connectivity index (χ0n) is 18.8. The molecule has 0 aliphatic carbocycles. The number of halogens is 1. The summed E-state index contributed by atoms with van der Waals surface area (Å²) in [6.45, 7) is 0. The van der Waals surface area contributed by atoms with E-state index in [2.05, 4.69) is 10.0 Å². The van der Waals surface area contributed by atoms with Crippen molar-refractivity contribution in [3.63, 3.8) is 0 Å². The van der Waals surface area contributed by atoms with E-state index in [9.17, 15) is 17.6 Å². The number of sulfonamides is 1. The van der Waals surface area contributed by atoms with Gasteiger partial charge >= 0.3 is 0 Å². The van der Waals surface area contributed by atoms with E-state index in [0.29, 0.717) is 0 Å². The van der Waals surface area contributed by atoms with Gasteiger partial charge < -0.3 is 5.32 Å². The molecule has 35 heavy (non-hydrogen) atoms. The first-order valence-electron chi connectivity index (χ1n) is 11.1. The maximum Gasteiger partial charge on any atom is 0.241 e. The van der Waals surface area contributed by atoms with Gasteiger partial charge in [0.25, 0.3) is 0 Å². The number of hydrogen-bond donors (Lipinski definition) is 2. The zero-order valence-corrected chi connectivity index (χ0v) is 19.7. The van der Waals surface area contributed by atoms with Gasteiger partial charge in [0.05, 0.1) is 10.9 Å². The molecule has 0 heterocycles. The van der Waals surface area contributed by atoms with Crippen molar-refractivity contribution in [1.82, 2.24) is 10.0 Å². The summed E-state index contributed by atoms with van der Waals surface area (Å²) in [5.74, 6) is -1.02. The summed E-state index contributed by atoms with van der Waals surface area (Å²) in [6.07, 6.45) is 0.142. The highest BCUT2D eigenvalue weighted by atomic mass is 32.2. The van der Waals surface area contributed by atoms with Crippen LogP contribution in [0.2, 0.25) is 0 Å². The average molecular weight is 489 g/mol. The Balaban J connectivity index is 1.65. The molecule has 0 unspecified atom stereocenters. The first-order chi connectivity index (χ1) is 16.9. The number of hydrogen-bond acceptors (Lipinski definition) is 3. The number of amides is 1. The van der Waals surface area contributed by atoms with Crippen molar-refractivity contribution < 1.29 is 17.6 Å². The van der Waals surface area contributed by atoms with Crippen LogP contribution in [0.1, 0.15) is 22.7 Å². The van der Waals surface area contributed by atoms with Gasteiger partial charge in [-0.1, -0.05) is 91.0 Å². The van der Waals surface area contributed by atoms with Gasteiger partial charge in [-0.15, -0.1) is 0 Å². The van der Waals surface area contributed by atoms with E-state index in [1.807, 2.05) is 91.0 Å². The third-order valence-corrected chi connectivity index (χ3v) is 7.06. The molecule has 5 nitrogen and oxygen atoms in total. The SMILES string of the molecule is O=C(NC(c1ccccc1)c1ccccc1)[C@@H](Cc1ccccc1)NS(=O)(=O)c1ccc(F)cc1. The Hall–Kier alpha value is -3.81. The third kappa shape index (κ3) is 6.41. The van der Waals surface area contributed by atoms with Crippen LogP contribution in [0, 0.1) is 5.82 Å². The molecule has 1 atom stereocenters. The van der Waals surface area contributed by atoms with E-state index >= 15 is 0 Å². The van der Waals surface area contributed by atoms with Gasteiger partial charge in [0.15, 0.2) is 0 Å². The second-order valence-corrected chi connectivity index (χ2v) is 9.79. The lowest BCUT2D eigenvalue weighted by atomic mass is 9.97. The van der Waals surface area contributed by atoms with Crippen molar-refractivity contribution in [1.29, 1.82) is 0 Å². The number of carbonyl (C=O) groups excluding carboxylic acids is 1. The Kier molecular flexibility index (Phi) is 7.70. The smallest absolute Gasteiger partial charge is 0.241 e. The van der Waals surface area contributed by atoms with Crippen molar-refractivity contribution in [2.24, 2.45) is 0 Å². The predicted octanol–water partition coefficient (Wildman–Crippen LogP) is 4.62. The van der Waals surface area contributed by atoms with Gasteiger partial charge in [0.2, 0.25) is 15.9 Å². The summed E-state index contributed by atoms with van der Waals surface area (Å²) >= 11 is 0. The molecule has 0 aromatic heterocycles. The molecule has 4 rings (SSSR count). The molecule has 0 aliphatic heterocycles. The highest BCUT2D eigenvalue weighted by Crippen LogP contribution is 2.22. The molecular weight excluding hydrogens is 463 g/mol. The fourth-order valence-electron chi connectivity index (χ4n) is 3.80. The van der Waals surface area contributed by atoms with Crippen LogP contribution >= 0.6 is 0 Å². The van der Waals surface area contributed by atoms with Gasteiger partial charge in [-0.05, 0) is 47.4 Å². The Bertz CT molecular complexity index is 1310. The first kappa shape index (κ1) is 24.3. The van der Waals surface area contributed by atoms with Crippen LogP contribution < -0.4 is 10.0 Å². The summed E-state index contributed by atoms with van der Waals surface area (Å²) in [5, 5.41) is 3.03. The Labute approximate surface area is 204 Å². The molecular formula is C28H25FN2O3S. The lowest BCUT2D eigenvalue weighted by molar-refractivity contribution is -0.123. The topological polar surface area (TPSA) is 75.3 Å². The molecule has 0 radical (unpaired) electrons. The molecule has 4 aromatic rings. The van der Waals surface area contributed by atoms with Gasteiger partial charge in [0.1, 0.15) is 11.9 Å². The number of rotatable bonds is 9. The lowest BCUT2D eigenvalue weighted by Crippen LogP contribution is -2.49. The number of benzene rings is 4. The summed E-state index contributed by atoms with van der Waals surface area (Å²) in [5.41, 5.74) is 2.53. The van der Waals surface area contributed by atoms with Crippen LogP contribution in [-0.4, -0.2) is 20.4 Å². The Morgan fingerprint density at radius 2 is 1.20 bits per heavy atom. The van der Waals surface area contributed by atoms with Crippen LogP contribution in [-0.2, 0) is 21.2 Å². The predicted molar refractivity (Wildman–Crippen MR) is 134 cm³/mol. The standard InChI is InChI=1S/C28H25FN2O3S/c29-24-16-18-25(19-17-24)35(33,34)31-26(20-21-10-4-1-5-11-21)28(32)30-27(22-12-6-2-7-13-22)23-14-8-3-9-15-23/h1-19,26-27,31H,20H2,(H,30,32)/t26-/m1/s1. The Morgan fingerprint density at radius 1 is 0.714 bits per heavy atom. The van der Waals surface area contributed by atoms with E-state index in [-0.39, 0.29) is 11.3 Å². The minimum Gasteiger partial charge on any atom is -0.344 e. The van der Waals surface area contributed by atoms with Gasteiger partial charge in [-0.25, -0.2) is 12.8 Å². The second-order valence-electron chi connectivity index (χ2n) is 8.08. The quantitative estimate of drug-likeness (QED) is 0.361. The molecule has 1 amide bonds. The molecule has 4 aromatic carbocycles. The van der Waals surface area contributed by atoms with Crippen LogP contribution in [0.15, 0.2) is 120 Å². The largest absolute Gasteiger partial charge is 0.344 e. The van der Waals surface area contributed by atoms with Crippen molar-refractivity contribution in [2.45, 2.75) is 23.4 Å². The maximum absolute atomic E-state index is 13.6. The summed E-state index contributed by atoms with van der Waals surface area (Å²) in [6, 6.07) is 31.1. The van der Waals surface area contributed by atoms with Gasteiger partial charge in [0, 0.05) is 0 Å². The van der Waals surface area contributed by atoms with E-state index in [0.717, 1.165) is 28.8 Å². The van der Waals surface area contributed by atoms with Crippen LogP contribution in [0.25, 0.3) is 0 Å². The van der Waals surface area contributed by atoms with Gasteiger partial charge in [-0.3, -0.25) is 4.79 Å². The second kappa shape index (κ2) is 11.1. The highest BCUT2D eigenvalue weighted by molar-refractivity contribution is 7.89. The molecule has 0 aliphatic rings. The van der Waals surface area contributed by atoms with Gasteiger partial charge in [-0.2, -0.15) is 4.72 Å². The first-order valence-corrected chi connectivity index (χ1v) is 12.6. The summed E-state index contributed by atoms with van der Waals surface area (Å²) in [4.78, 5) is 13.5. The monoisotopic (exact) mass is 488 g/mol. The molecule has 0 bridgehead atoms.